The topological polar surface area (TPSA) is 18.5 Å². The van der Waals surface area contributed by atoms with Crippen LogP contribution in [0.1, 0.15) is 31.9 Å². The first-order chi connectivity index (χ1) is 9.41. The van der Waals surface area contributed by atoms with Gasteiger partial charge in [-0.1, -0.05) is 6.07 Å². The van der Waals surface area contributed by atoms with Crippen molar-refractivity contribution in [2.75, 3.05) is 38.1 Å². The molecule has 1 saturated heterocycles. The van der Waals surface area contributed by atoms with Crippen LogP contribution < -0.4 is 10.2 Å². The molecule has 0 saturated carbocycles. The van der Waals surface area contributed by atoms with Gasteiger partial charge < -0.3 is 10.2 Å². The first-order valence-corrected chi connectivity index (χ1v) is 7.66. The molecule has 1 N–H and O–H groups in total. The largest absolute Gasteiger partial charge is 0.369 e. The molecule has 0 unspecified atom stereocenters. The first kappa shape index (κ1) is 15.3. The second-order valence-electron chi connectivity index (χ2n) is 6.79. The lowest BCUT2D eigenvalue weighted by Gasteiger charge is -2.43. The third-order valence-corrected chi connectivity index (χ3v) is 4.29. The minimum atomic E-state index is 0.290. The van der Waals surface area contributed by atoms with Gasteiger partial charge in [0.05, 0.1) is 0 Å². The average molecular weight is 275 g/mol. The number of rotatable bonds is 3. The van der Waals surface area contributed by atoms with E-state index in [-0.39, 0.29) is 0 Å². The highest BCUT2D eigenvalue weighted by atomic mass is 15.3. The van der Waals surface area contributed by atoms with Gasteiger partial charge in [-0.3, -0.25) is 4.90 Å². The van der Waals surface area contributed by atoms with Crippen molar-refractivity contribution >= 4 is 5.69 Å². The van der Waals surface area contributed by atoms with Gasteiger partial charge >= 0.3 is 0 Å². The van der Waals surface area contributed by atoms with Gasteiger partial charge in [0.2, 0.25) is 0 Å². The standard InChI is InChI=1S/C17H29N3/c1-14-12-16(7-6-15(14)13-18-5)19-8-10-20(11-9-19)17(2,3)4/h6-7,12,18H,8-11,13H2,1-5H3. The fraction of sp³-hybridized carbons (Fsp3) is 0.647. The fourth-order valence-electron chi connectivity index (χ4n) is 2.90. The smallest absolute Gasteiger partial charge is 0.0369 e. The number of nitrogens with zero attached hydrogens (tertiary/aromatic N) is 2. The summed E-state index contributed by atoms with van der Waals surface area (Å²) in [4.78, 5) is 5.09. The molecule has 0 spiro atoms. The Morgan fingerprint density at radius 3 is 2.25 bits per heavy atom. The molecule has 112 valence electrons. The molecule has 0 radical (unpaired) electrons. The van der Waals surface area contributed by atoms with Crippen LogP contribution in [0.2, 0.25) is 0 Å². The van der Waals surface area contributed by atoms with Crippen molar-refractivity contribution in [3.05, 3.63) is 29.3 Å². The van der Waals surface area contributed by atoms with Crippen LogP contribution in [0.4, 0.5) is 5.69 Å². The average Bonchev–Trinajstić information content (AvgIpc) is 2.40. The summed E-state index contributed by atoms with van der Waals surface area (Å²) in [5, 5.41) is 3.23. The van der Waals surface area contributed by atoms with Crippen molar-refractivity contribution in [2.45, 2.75) is 39.8 Å². The number of aryl methyl sites for hydroxylation is 1. The summed E-state index contributed by atoms with van der Waals surface area (Å²) in [7, 11) is 2.00. The number of hydrogen-bond acceptors (Lipinski definition) is 3. The maximum absolute atomic E-state index is 3.23. The van der Waals surface area contributed by atoms with Crippen LogP contribution in [0, 0.1) is 6.92 Å². The summed E-state index contributed by atoms with van der Waals surface area (Å²) >= 11 is 0. The van der Waals surface area contributed by atoms with Gasteiger partial charge in [-0.15, -0.1) is 0 Å². The monoisotopic (exact) mass is 275 g/mol. The van der Waals surface area contributed by atoms with E-state index in [1.54, 1.807) is 0 Å². The van der Waals surface area contributed by atoms with Gasteiger partial charge in [0, 0.05) is 44.0 Å². The van der Waals surface area contributed by atoms with Gasteiger partial charge in [-0.2, -0.15) is 0 Å². The Balaban J connectivity index is 2.02. The first-order valence-electron chi connectivity index (χ1n) is 7.66. The number of hydrogen-bond donors (Lipinski definition) is 1. The zero-order valence-corrected chi connectivity index (χ0v) is 13.7. The van der Waals surface area contributed by atoms with Crippen LogP contribution in [-0.4, -0.2) is 43.7 Å². The van der Waals surface area contributed by atoms with E-state index in [1.807, 2.05) is 7.05 Å². The number of piperazine rings is 1. The van der Waals surface area contributed by atoms with E-state index in [9.17, 15) is 0 Å². The second kappa shape index (κ2) is 6.15. The maximum Gasteiger partial charge on any atom is 0.0369 e. The molecule has 1 aliphatic rings. The van der Waals surface area contributed by atoms with Crippen LogP contribution in [-0.2, 0) is 6.54 Å². The minimum absolute atomic E-state index is 0.290. The Hall–Kier alpha value is -1.06. The summed E-state index contributed by atoms with van der Waals surface area (Å²) in [5.41, 5.74) is 4.44. The van der Waals surface area contributed by atoms with Crippen molar-refractivity contribution < 1.29 is 0 Å². The zero-order valence-electron chi connectivity index (χ0n) is 13.7. The number of benzene rings is 1. The van der Waals surface area contributed by atoms with E-state index in [4.69, 9.17) is 0 Å². The lowest BCUT2D eigenvalue weighted by atomic mass is 10.0. The predicted molar refractivity (Wildman–Crippen MR) is 87.5 cm³/mol. The molecule has 0 bridgehead atoms. The molecule has 1 aromatic rings. The molecule has 1 aliphatic heterocycles. The summed E-state index contributed by atoms with van der Waals surface area (Å²) in [6, 6.07) is 6.86. The van der Waals surface area contributed by atoms with E-state index >= 15 is 0 Å². The van der Waals surface area contributed by atoms with Crippen LogP contribution in [0.15, 0.2) is 18.2 Å². The van der Waals surface area contributed by atoms with Crippen molar-refractivity contribution in [2.24, 2.45) is 0 Å². The van der Waals surface area contributed by atoms with Crippen LogP contribution in [0.25, 0.3) is 0 Å². The Bertz CT molecular complexity index is 440. The van der Waals surface area contributed by atoms with E-state index in [2.05, 4.69) is 61.0 Å². The minimum Gasteiger partial charge on any atom is -0.369 e. The van der Waals surface area contributed by atoms with Gasteiger partial charge in [0.25, 0.3) is 0 Å². The molecule has 0 aliphatic carbocycles. The third-order valence-electron chi connectivity index (χ3n) is 4.29. The molecule has 2 rings (SSSR count). The predicted octanol–water partition coefficient (Wildman–Crippen LogP) is 2.63. The third kappa shape index (κ3) is 3.53. The fourth-order valence-corrected chi connectivity index (χ4v) is 2.90. The quantitative estimate of drug-likeness (QED) is 0.915. The van der Waals surface area contributed by atoms with Gasteiger partial charge in [-0.05, 0) is 58.0 Å². The Labute approximate surface area is 124 Å². The van der Waals surface area contributed by atoms with Crippen LogP contribution in [0.5, 0.6) is 0 Å². The van der Waals surface area contributed by atoms with Gasteiger partial charge in [0.15, 0.2) is 0 Å². The highest BCUT2D eigenvalue weighted by molar-refractivity contribution is 5.51. The maximum atomic E-state index is 3.23. The Morgan fingerprint density at radius 2 is 1.75 bits per heavy atom. The lowest BCUT2D eigenvalue weighted by Crippen LogP contribution is -2.53. The lowest BCUT2D eigenvalue weighted by molar-refractivity contribution is 0.128. The normalized spacial score (nSPS) is 17.6. The highest BCUT2D eigenvalue weighted by Gasteiger charge is 2.25. The molecular formula is C17H29N3. The number of anilines is 1. The molecule has 3 heteroatoms. The number of nitrogens with one attached hydrogen (secondary N) is 1. The van der Waals surface area contributed by atoms with Crippen molar-refractivity contribution in [1.29, 1.82) is 0 Å². The van der Waals surface area contributed by atoms with Crippen LogP contribution >= 0.6 is 0 Å². The van der Waals surface area contributed by atoms with Crippen molar-refractivity contribution in [3.8, 4) is 0 Å². The highest BCUT2D eigenvalue weighted by Crippen LogP contribution is 2.23. The molecular weight excluding hydrogens is 246 g/mol. The molecule has 0 atom stereocenters. The van der Waals surface area contributed by atoms with E-state index in [1.165, 1.54) is 16.8 Å². The van der Waals surface area contributed by atoms with Gasteiger partial charge in [0.1, 0.15) is 0 Å². The zero-order chi connectivity index (χ0) is 14.8. The summed E-state index contributed by atoms with van der Waals surface area (Å²) < 4.78 is 0. The summed E-state index contributed by atoms with van der Waals surface area (Å²) in [6.45, 7) is 14.6. The van der Waals surface area contributed by atoms with Crippen molar-refractivity contribution in [1.82, 2.24) is 10.2 Å². The molecule has 0 aromatic heterocycles. The SMILES string of the molecule is CNCc1ccc(N2CCN(C(C)(C)C)CC2)cc1C. The van der Waals surface area contributed by atoms with E-state index < -0.39 is 0 Å². The van der Waals surface area contributed by atoms with E-state index in [0.29, 0.717) is 5.54 Å². The molecule has 1 heterocycles. The van der Waals surface area contributed by atoms with Crippen molar-refractivity contribution in [3.63, 3.8) is 0 Å². The summed E-state index contributed by atoms with van der Waals surface area (Å²) in [6.07, 6.45) is 0. The second-order valence-corrected chi connectivity index (χ2v) is 6.79. The molecule has 20 heavy (non-hydrogen) atoms. The molecule has 0 amide bonds. The molecule has 1 aromatic carbocycles. The van der Waals surface area contributed by atoms with Crippen LogP contribution in [0.3, 0.4) is 0 Å². The molecule has 1 fully saturated rings. The Morgan fingerprint density at radius 1 is 1.10 bits per heavy atom. The Kier molecular flexibility index (Phi) is 4.71. The van der Waals surface area contributed by atoms with Gasteiger partial charge in [-0.25, -0.2) is 0 Å². The van der Waals surface area contributed by atoms with E-state index in [0.717, 1.165) is 32.7 Å². The summed E-state index contributed by atoms with van der Waals surface area (Å²) in [5.74, 6) is 0. The molecule has 3 nitrogen and oxygen atoms in total.